The Morgan fingerprint density at radius 2 is 1.74 bits per heavy atom. The first-order valence-corrected chi connectivity index (χ1v) is 10.5. The SMILES string of the molecule is CCOC[C@@H]1C[C@]23CC[C@H]4C(C)(C)CCC[C@]4(C)[C@H]2CC[C@H]1C3. The molecule has 0 heterocycles. The standard InChI is InChI=1S/C22H38O/c1-5-23-15-17-14-22-12-9-18-20(2,3)10-6-11-21(18,4)19(22)8-7-16(17)13-22/h16-19H,5-15H2,1-4H3/t16-,17-,18-,19+,21-,22+/m0/s1. The van der Waals surface area contributed by atoms with E-state index in [0.717, 1.165) is 36.9 Å². The van der Waals surface area contributed by atoms with E-state index in [9.17, 15) is 0 Å². The second-order valence-electron chi connectivity index (χ2n) is 10.5. The molecule has 4 aliphatic rings. The predicted octanol–water partition coefficient (Wildman–Crippen LogP) is 6.07. The largest absolute Gasteiger partial charge is 0.381 e. The van der Waals surface area contributed by atoms with E-state index in [2.05, 4.69) is 27.7 Å². The molecule has 6 atom stereocenters. The third-order valence-corrected chi connectivity index (χ3v) is 9.11. The zero-order chi connectivity index (χ0) is 16.3. The molecule has 4 rings (SSSR count). The lowest BCUT2D eigenvalue weighted by molar-refractivity contribution is -0.144. The first-order valence-electron chi connectivity index (χ1n) is 10.5. The summed E-state index contributed by atoms with van der Waals surface area (Å²) in [5.74, 6) is 3.84. The number of hydrogen-bond donors (Lipinski definition) is 0. The Morgan fingerprint density at radius 3 is 2.52 bits per heavy atom. The molecule has 0 aliphatic heterocycles. The minimum atomic E-state index is 0.578. The first-order chi connectivity index (χ1) is 10.9. The molecule has 0 aromatic rings. The monoisotopic (exact) mass is 318 g/mol. The van der Waals surface area contributed by atoms with Crippen LogP contribution in [0.15, 0.2) is 0 Å². The van der Waals surface area contributed by atoms with Crippen molar-refractivity contribution < 1.29 is 4.74 Å². The summed E-state index contributed by atoms with van der Waals surface area (Å²) < 4.78 is 5.87. The number of fused-ring (bicyclic) bond motifs is 3. The van der Waals surface area contributed by atoms with E-state index in [1.54, 1.807) is 0 Å². The summed E-state index contributed by atoms with van der Waals surface area (Å²) in [5.41, 5.74) is 1.91. The Hall–Kier alpha value is -0.0400. The lowest BCUT2D eigenvalue weighted by Crippen LogP contribution is -2.55. The molecule has 0 N–H and O–H groups in total. The van der Waals surface area contributed by atoms with Gasteiger partial charge < -0.3 is 4.74 Å². The van der Waals surface area contributed by atoms with Gasteiger partial charge in [0.1, 0.15) is 0 Å². The second-order valence-corrected chi connectivity index (χ2v) is 10.5. The van der Waals surface area contributed by atoms with Crippen molar-refractivity contribution in [3.63, 3.8) is 0 Å². The smallest absolute Gasteiger partial charge is 0.0496 e. The van der Waals surface area contributed by atoms with Crippen LogP contribution in [0.25, 0.3) is 0 Å². The maximum Gasteiger partial charge on any atom is 0.0496 e. The summed E-state index contributed by atoms with van der Waals surface area (Å²) in [5, 5.41) is 0. The van der Waals surface area contributed by atoms with Crippen molar-refractivity contribution in [1.82, 2.24) is 0 Å². The Kier molecular flexibility index (Phi) is 3.91. The van der Waals surface area contributed by atoms with Gasteiger partial charge in [-0.25, -0.2) is 0 Å². The van der Waals surface area contributed by atoms with Crippen molar-refractivity contribution >= 4 is 0 Å². The van der Waals surface area contributed by atoms with E-state index in [1.165, 1.54) is 57.8 Å². The molecular weight excluding hydrogens is 280 g/mol. The van der Waals surface area contributed by atoms with Crippen LogP contribution in [0, 0.1) is 39.9 Å². The van der Waals surface area contributed by atoms with Gasteiger partial charge in [0, 0.05) is 13.2 Å². The van der Waals surface area contributed by atoms with E-state index in [4.69, 9.17) is 4.74 Å². The summed E-state index contributed by atoms with van der Waals surface area (Å²) in [6.07, 6.45) is 13.5. The van der Waals surface area contributed by atoms with Crippen molar-refractivity contribution in [2.24, 2.45) is 39.9 Å². The van der Waals surface area contributed by atoms with Gasteiger partial charge >= 0.3 is 0 Å². The van der Waals surface area contributed by atoms with Crippen molar-refractivity contribution in [3.05, 3.63) is 0 Å². The van der Waals surface area contributed by atoms with Crippen LogP contribution in [0.3, 0.4) is 0 Å². The van der Waals surface area contributed by atoms with Gasteiger partial charge in [0.25, 0.3) is 0 Å². The zero-order valence-corrected chi connectivity index (χ0v) is 16.0. The van der Waals surface area contributed by atoms with Crippen LogP contribution >= 0.6 is 0 Å². The molecule has 0 radical (unpaired) electrons. The maximum absolute atomic E-state index is 5.87. The summed E-state index contributed by atoms with van der Waals surface area (Å²) >= 11 is 0. The third-order valence-electron chi connectivity index (χ3n) is 9.11. The molecule has 0 aromatic heterocycles. The number of hydrogen-bond acceptors (Lipinski definition) is 1. The molecule has 4 fully saturated rings. The fourth-order valence-corrected chi connectivity index (χ4v) is 8.38. The Bertz CT molecular complexity index is 455. The summed E-state index contributed by atoms with van der Waals surface area (Å²) in [6.45, 7) is 11.9. The van der Waals surface area contributed by atoms with Gasteiger partial charge in [-0.05, 0) is 98.2 Å². The van der Waals surface area contributed by atoms with Gasteiger partial charge in [-0.15, -0.1) is 0 Å². The van der Waals surface area contributed by atoms with E-state index in [0.29, 0.717) is 16.2 Å². The summed E-state index contributed by atoms with van der Waals surface area (Å²) in [6, 6.07) is 0. The molecule has 23 heavy (non-hydrogen) atoms. The van der Waals surface area contributed by atoms with E-state index < -0.39 is 0 Å². The van der Waals surface area contributed by atoms with Gasteiger partial charge in [-0.1, -0.05) is 27.2 Å². The van der Waals surface area contributed by atoms with E-state index in [1.807, 2.05) is 0 Å². The fraction of sp³-hybridized carbons (Fsp3) is 1.00. The van der Waals surface area contributed by atoms with Crippen LogP contribution in [0.1, 0.15) is 85.5 Å². The number of rotatable bonds is 3. The van der Waals surface area contributed by atoms with E-state index >= 15 is 0 Å². The van der Waals surface area contributed by atoms with Crippen LogP contribution < -0.4 is 0 Å². The van der Waals surface area contributed by atoms with Crippen LogP contribution in [-0.2, 0) is 4.74 Å². The number of ether oxygens (including phenoxy) is 1. The van der Waals surface area contributed by atoms with Crippen molar-refractivity contribution in [3.8, 4) is 0 Å². The first kappa shape index (κ1) is 16.4. The van der Waals surface area contributed by atoms with Crippen LogP contribution in [0.4, 0.5) is 0 Å². The molecule has 4 aliphatic carbocycles. The maximum atomic E-state index is 5.87. The molecule has 0 saturated heterocycles. The van der Waals surface area contributed by atoms with Crippen LogP contribution in [0.5, 0.6) is 0 Å². The van der Waals surface area contributed by atoms with E-state index in [-0.39, 0.29) is 0 Å². The Labute approximate surface area is 143 Å². The highest BCUT2D eigenvalue weighted by Crippen LogP contribution is 2.72. The normalized spacial score (nSPS) is 51.1. The van der Waals surface area contributed by atoms with Crippen LogP contribution in [0.2, 0.25) is 0 Å². The summed E-state index contributed by atoms with van der Waals surface area (Å²) in [4.78, 5) is 0. The molecule has 4 saturated carbocycles. The summed E-state index contributed by atoms with van der Waals surface area (Å²) in [7, 11) is 0. The fourth-order valence-electron chi connectivity index (χ4n) is 8.38. The molecule has 1 heteroatoms. The highest BCUT2D eigenvalue weighted by Gasteiger charge is 2.63. The van der Waals surface area contributed by atoms with Gasteiger partial charge in [-0.2, -0.15) is 0 Å². The van der Waals surface area contributed by atoms with Crippen molar-refractivity contribution in [1.29, 1.82) is 0 Å². The topological polar surface area (TPSA) is 9.23 Å². The predicted molar refractivity (Wildman–Crippen MR) is 96.3 cm³/mol. The third kappa shape index (κ3) is 2.35. The van der Waals surface area contributed by atoms with Gasteiger partial charge in [-0.3, -0.25) is 0 Å². The average molecular weight is 319 g/mol. The lowest BCUT2D eigenvalue weighted by atomic mass is 9.41. The molecule has 0 amide bonds. The van der Waals surface area contributed by atoms with Crippen LogP contribution in [-0.4, -0.2) is 13.2 Å². The lowest BCUT2D eigenvalue weighted by Gasteiger charge is -2.64. The molecule has 1 spiro atoms. The van der Waals surface area contributed by atoms with Gasteiger partial charge in [0.15, 0.2) is 0 Å². The molecule has 1 nitrogen and oxygen atoms in total. The Balaban J connectivity index is 1.61. The molecule has 2 bridgehead atoms. The average Bonchev–Trinajstić information content (AvgIpc) is 2.74. The van der Waals surface area contributed by atoms with Crippen molar-refractivity contribution in [2.45, 2.75) is 85.5 Å². The minimum absolute atomic E-state index is 0.578. The molecule has 132 valence electrons. The second kappa shape index (κ2) is 5.48. The van der Waals surface area contributed by atoms with Gasteiger partial charge in [0.2, 0.25) is 0 Å². The molecule has 0 unspecified atom stereocenters. The highest BCUT2D eigenvalue weighted by atomic mass is 16.5. The molecular formula is C22H38O. The molecule has 0 aromatic carbocycles. The minimum Gasteiger partial charge on any atom is -0.381 e. The van der Waals surface area contributed by atoms with Gasteiger partial charge in [0.05, 0.1) is 0 Å². The highest BCUT2D eigenvalue weighted by molar-refractivity contribution is 5.13. The quantitative estimate of drug-likeness (QED) is 0.613. The Morgan fingerprint density at radius 1 is 0.913 bits per heavy atom. The van der Waals surface area contributed by atoms with Crippen molar-refractivity contribution in [2.75, 3.05) is 13.2 Å². The zero-order valence-electron chi connectivity index (χ0n) is 16.0.